The van der Waals surface area contributed by atoms with Gasteiger partial charge in [-0.2, -0.15) is 12.7 Å². The smallest absolute Gasteiger partial charge is 0.279 e. The van der Waals surface area contributed by atoms with Crippen LogP contribution >= 0.6 is 0 Å². The van der Waals surface area contributed by atoms with Crippen LogP contribution in [0.1, 0.15) is 39.0 Å². The standard InChI is InChI=1S/C11H24N4O3S/c1-10-5-8-15(9-6-10)19(17,18)13-7-3-2-4-11(12)14-16/h10,13,16H,2-9H2,1H3,(H2,12,14). The quantitative estimate of drug-likeness (QED) is 0.208. The average Bonchev–Trinajstić information content (AvgIpc) is 2.38. The number of hydrogen-bond acceptors (Lipinski definition) is 4. The minimum absolute atomic E-state index is 0.174. The molecule has 1 aliphatic rings. The Bertz CT molecular complexity index is 389. The van der Waals surface area contributed by atoms with Gasteiger partial charge in [0, 0.05) is 26.1 Å². The van der Waals surface area contributed by atoms with Gasteiger partial charge in [-0.15, -0.1) is 0 Å². The minimum Gasteiger partial charge on any atom is -0.409 e. The molecule has 0 amide bonds. The van der Waals surface area contributed by atoms with Crippen LogP contribution in [0, 0.1) is 5.92 Å². The molecule has 0 spiro atoms. The third-order valence-corrected chi connectivity index (χ3v) is 4.97. The summed E-state index contributed by atoms with van der Waals surface area (Å²) in [6, 6.07) is 0. The summed E-state index contributed by atoms with van der Waals surface area (Å²) in [4.78, 5) is 0. The highest BCUT2D eigenvalue weighted by atomic mass is 32.2. The second-order valence-electron chi connectivity index (χ2n) is 5.03. The maximum Gasteiger partial charge on any atom is 0.279 e. The van der Waals surface area contributed by atoms with Gasteiger partial charge in [0.05, 0.1) is 0 Å². The number of nitrogens with two attached hydrogens (primary N) is 1. The van der Waals surface area contributed by atoms with Crippen molar-refractivity contribution in [2.75, 3.05) is 19.6 Å². The first kappa shape index (κ1) is 16.2. The van der Waals surface area contributed by atoms with Gasteiger partial charge in [-0.25, -0.2) is 4.72 Å². The van der Waals surface area contributed by atoms with E-state index in [2.05, 4.69) is 16.8 Å². The Hall–Kier alpha value is -0.860. The summed E-state index contributed by atoms with van der Waals surface area (Å²) in [5.41, 5.74) is 5.32. The second kappa shape index (κ2) is 7.66. The predicted molar refractivity (Wildman–Crippen MR) is 74.2 cm³/mol. The summed E-state index contributed by atoms with van der Waals surface area (Å²) >= 11 is 0. The maximum absolute atomic E-state index is 12.0. The Morgan fingerprint density at radius 2 is 2.05 bits per heavy atom. The monoisotopic (exact) mass is 292 g/mol. The lowest BCUT2D eigenvalue weighted by atomic mass is 10.0. The molecule has 0 aliphatic carbocycles. The van der Waals surface area contributed by atoms with Crippen molar-refractivity contribution in [1.82, 2.24) is 9.03 Å². The molecular weight excluding hydrogens is 268 g/mol. The zero-order valence-corrected chi connectivity index (χ0v) is 12.2. The van der Waals surface area contributed by atoms with Crippen molar-refractivity contribution in [1.29, 1.82) is 0 Å². The lowest BCUT2D eigenvalue weighted by Crippen LogP contribution is -2.44. The first-order chi connectivity index (χ1) is 8.95. The van der Waals surface area contributed by atoms with Gasteiger partial charge in [-0.1, -0.05) is 12.1 Å². The highest BCUT2D eigenvalue weighted by Gasteiger charge is 2.25. The van der Waals surface area contributed by atoms with E-state index in [1.165, 1.54) is 4.31 Å². The minimum atomic E-state index is -3.34. The van der Waals surface area contributed by atoms with E-state index in [9.17, 15) is 8.42 Å². The molecule has 0 radical (unpaired) electrons. The third-order valence-electron chi connectivity index (χ3n) is 3.36. The molecule has 1 rings (SSSR count). The molecule has 1 saturated heterocycles. The number of nitrogens with one attached hydrogen (secondary N) is 1. The van der Waals surface area contributed by atoms with Crippen LogP contribution < -0.4 is 10.5 Å². The predicted octanol–water partition coefficient (Wildman–Crippen LogP) is 0.469. The normalized spacial score (nSPS) is 19.7. The van der Waals surface area contributed by atoms with Crippen LogP contribution in [-0.2, 0) is 10.2 Å². The Balaban J connectivity index is 2.24. The molecule has 1 fully saturated rings. The Kier molecular flexibility index (Phi) is 6.53. The Labute approximate surface area is 115 Å². The third kappa shape index (κ3) is 5.75. The number of rotatable bonds is 7. The van der Waals surface area contributed by atoms with Gasteiger partial charge < -0.3 is 10.9 Å². The van der Waals surface area contributed by atoms with Gasteiger partial charge in [0.25, 0.3) is 10.2 Å². The van der Waals surface area contributed by atoms with Crippen LogP contribution in [0.2, 0.25) is 0 Å². The molecule has 0 aromatic heterocycles. The molecule has 0 unspecified atom stereocenters. The van der Waals surface area contributed by atoms with Gasteiger partial charge in [0.1, 0.15) is 5.84 Å². The first-order valence-corrected chi connectivity index (χ1v) is 8.11. The van der Waals surface area contributed by atoms with E-state index in [1.807, 2.05) is 0 Å². The molecule has 0 bridgehead atoms. The highest BCUT2D eigenvalue weighted by Crippen LogP contribution is 2.17. The second-order valence-corrected chi connectivity index (χ2v) is 6.78. The van der Waals surface area contributed by atoms with Crippen LogP contribution in [0.5, 0.6) is 0 Å². The molecule has 0 aromatic carbocycles. The summed E-state index contributed by atoms with van der Waals surface area (Å²) in [6.45, 7) is 3.72. The molecule has 19 heavy (non-hydrogen) atoms. The van der Waals surface area contributed by atoms with Crippen LogP contribution in [0.3, 0.4) is 0 Å². The van der Waals surface area contributed by atoms with Crippen molar-refractivity contribution in [2.45, 2.75) is 39.0 Å². The number of unbranched alkanes of at least 4 members (excludes halogenated alkanes) is 1. The average molecular weight is 292 g/mol. The lowest BCUT2D eigenvalue weighted by molar-refractivity contribution is 0.285. The number of hydrogen-bond donors (Lipinski definition) is 3. The molecule has 4 N–H and O–H groups in total. The number of piperidine rings is 1. The lowest BCUT2D eigenvalue weighted by Gasteiger charge is -2.29. The highest BCUT2D eigenvalue weighted by molar-refractivity contribution is 7.87. The molecule has 0 atom stereocenters. The summed E-state index contributed by atoms with van der Waals surface area (Å²) in [5, 5.41) is 11.2. The van der Waals surface area contributed by atoms with E-state index in [-0.39, 0.29) is 5.84 Å². The number of oxime groups is 1. The number of nitrogens with zero attached hydrogens (tertiary/aromatic N) is 2. The van der Waals surface area contributed by atoms with E-state index in [0.717, 1.165) is 12.8 Å². The number of amidine groups is 1. The van der Waals surface area contributed by atoms with Gasteiger partial charge in [0.15, 0.2) is 0 Å². The summed E-state index contributed by atoms with van der Waals surface area (Å²) in [5.74, 6) is 0.778. The first-order valence-electron chi connectivity index (χ1n) is 6.67. The Morgan fingerprint density at radius 3 is 2.63 bits per heavy atom. The van der Waals surface area contributed by atoms with Crippen LogP contribution in [0.25, 0.3) is 0 Å². The molecule has 0 aromatic rings. The van der Waals surface area contributed by atoms with E-state index >= 15 is 0 Å². The van der Waals surface area contributed by atoms with Crippen molar-refractivity contribution in [3.8, 4) is 0 Å². The van der Waals surface area contributed by atoms with Gasteiger partial charge in [-0.05, 0) is 31.6 Å². The fourth-order valence-corrected chi connectivity index (χ4v) is 3.28. The zero-order valence-electron chi connectivity index (χ0n) is 11.4. The molecular formula is C11H24N4O3S. The van der Waals surface area contributed by atoms with Crippen molar-refractivity contribution in [3.63, 3.8) is 0 Å². The largest absolute Gasteiger partial charge is 0.409 e. The van der Waals surface area contributed by atoms with Gasteiger partial charge in [-0.3, -0.25) is 0 Å². The SMILES string of the molecule is CC1CCN(S(=O)(=O)NCCCCC(N)=NO)CC1. The van der Waals surface area contributed by atoms with Crippen LogP contribution in [0.4, 0.5) is 0 Å². The molecule has 112 valence electrons. The van der Waals surface area contributed by atoms with E-state index in [1.54, 1.807) is 0 Å². The molecule has 7 nitrogen and oxygen atoms in total. The molecule has 8 heteroatoms. The summed E-state index contributed by atoms with van der Waals surface area (Å²) < 4.78 is 28.0. The van der Waals surface area contributed by atoms with Crippen molar-refractivity contribution in [3.05, 3.63) is 0 Å². The van der Waals surface area contributed by atoms with Crippen molar-refractivity contribution in [2.24, 2.45) is 16.8 Å². The topological polar surface area (TPSA) is 108 Å². The van der Waals surface area contributed by atoms with Gasteiger partial charge in [0.2, 0.25) is 0 Å². The summed E-state index contributed by atoms with van der Waals surface area (Å²) in [6.07, 6.45) is 3.67. The fraction of sp³-hybridized carbons (Fsp3) is 0.909. The van der Waals surface area contributed by atoms with Crippen LogP contribution in [0.15, 0.2) is 5.16 Å². The van der Waals surface area contributed by atoms with Crippen molar-refractivity contribution < 1.29 is 13.6 Å². The fourth-order valence-electron chi connectivity index (χ4n) is 2.00. The Morgan fingerprint density at radius 1 is 1.42 bits per heavy atom. The zero-order chi connectivity index (χ0) is 14.3. The summed E-state index contributed by atoms with van der Waals surface area (Å²) in [7, 11) is -3.34. The molecule has 1 aliphatic heterocycles. The molecule has 1 heterocycles. The maximum atomic E-state index is 12.0. The molecule has 0 saturated carbocycles. The van der Waals surface area contributed by atoms with Crippen molar-refractivity contribution >= 4 is 16.0 Å². The van der Waals surface area contributed by atoms with E-state index in [4.69, 9.17) is 10.9 Å². The van der Waals surface area contributed by atoms with Crippen LogP contribution in [-0.4, -0.2) is 43.4 Å². The van der Waals surface area contributed by atoms with Gasteiger partial charge >= 0.3 is 0 Å². The van der Waals surface area contributed by atoms with E-state index < -0.39 is 10.2 Å². The van der Waals surface area contributed by atoms with E-state index in [0.29, 0.717) is 44.8 Å².